The molecular weight excluding hydrogens is 432 g/mol. The predicted octanol–water partition coefficient (Wildman–Crippen LogP) is 4.78. The number of ether oxygens (including phenoxy) is 2. The Labute approximate surface area is 198 Å². The maximum absolute atomic E-state index is 12.2. The third kappa shape index (κ3) is 7.10. The van der Waals surface area contributed by atoms with Crippen LogP contribution in [-0.4, -0.2) is 18.5 Å². The largest absolute Gasteiger partial charge is 0.482 e. The molecule has 0 spiro atoms. The molecule has 0 aliphatic carbocycles. The quantitative estimate of drug-likeness (QED) is 0.225. The molecule has 34 heavy (non-hydrogen) atoms. The fourth-order valence-corrected chi connectivity index (χ4v) is 2.98. The van der Waals surface area contributed by atoms with Gasteiger partial charge in [-0.25, -0.2) is 4.79 Å². The zero-order chi connectivity index (χ0) is 24.6. The summed E-state index contributed by atoms with van der Waals surface area (Å²) in [4.78, 5) is 24.3. The number of carbonyl (C=O) groups excluding carboxylic acids is 2. The van der Waals surface area contributed by atoms with Crippen molar-refractivity contribution < 1.29 is 23.5 Å². The molecule has 0 fully saturated rings. The number of hydrogen-bond donors (Lipinski definition) is 1. The molecule has 0 bridgehead atoms. The third-order valence-corrected chi connectivity index (χ3v) is 4.87. The molecule has 3 aromatic rings. The standard InChI is InChI=1S/C27H26N2O5/c1-27(2,3)21-8-12-22(13-9-21)33-18-25(30)34-23-10-6-19(7-11-23)15-20(16-28)26(31)29-17-24-5-4-14-32-24/h4-15H,17-18H2,1-3H3,(H,29,31)/b20-15+. The van der Waals surface area contributed by atoms with Crippen LogP contribution in [0.15, 0.2) is 76.9 Å². The summed E-state index contributed by atoms with van der Waals surface area (Å²) in [6.45, 7) is 6.33. The molecule has 0 saturated heterocycles. The van der Waals surface area contributed by atoms with Gasteiger partial charge in [0.05, 0.1) is 12.8 Å². The number of esters is 1. The molecule has 0 atom stereocenters. The number of carbonyl (C=O) groups is 2. The molecule has 2 aromatic carbocycles. The number of nitrogens with one attached hydrogen (secondary N) is 1. The van der Waals surface area contributed by atoms with E-state index in [0.29, 0.717) is 22.8 Å². The number of benzene rings is 2. The van der Waals surface area contributed by atoms with Crippen molar-refractivity contribution in [1.29, 1.82) is 5.26 Å². The molecule has 1 N–H and O–H groups in total. The van der Waals surface area contributed by atoms with Gasteiger partial charge in [0, 0.05) is 0 Å². The molecule has 0 aliphatic heterocycles. The number of nitriles is 1. The average Bonchev–Trinajstić information content (AvgIpc) is 3.34. The lowest BCUT2D eigenvalue weighted by molar-refractivity contribution is -0.136. The molecule has 0 radical (unpaired) electrons. The van der Waals surface area contributed by atoms with E-state index in [9.17, 15) is 14.9 Å². The van der Waals surface area contributed by atoms with E-state index in [2.05, 4.69) is 26.1 Å². The van der Waals surface area contributed by atoms with Gasteiger partial charge in [0.25, 0.3) is 5.91 Å². The summed E-state index contributed by atoms with van der Waals surface area (Å²) in [5, 5.41) is 11.9. The Balaban J connectivity index is 1.51. The minimum Gasteiger partial charge on any atom is -0.482 e. The highest BCUT2D eigenvalue weighted by Crippen LogP contribution is 2.24. The van der Waals surface area contributed by atoms with Crippen LogP contribution in [0, 0.1) is 11.3 Å². The van der Waals surface area contributed by atoms with Gasteiger partial charge in [-0.3, -0.25) is 4.79 Å². The van der Waals surface area contributed by atoms with Crippen molar-refractivity contribution in [2.75, 3.05) is 6.61 Å². The van der Waals surface area contributed by atoms with Gasteiger partial charge in [-0.15, -0.1) is 0 Å². The molecule has 7 nitrogen and oxygen atoms in total. The van der Waals surface area contributed by atoms with Gasteiger partial charge in [0.15, 0.2) is 6.61 Å². The lowest BCUT2D eigenvalue weighted by atomic mass is 9.87. The minimum atomic E-state index is -0.543. The lowest BCUT2D eigenvalue weighted by Crippen LogP contribution is -2.23. The highest BCUT2D eigenvalue weighted by molar-refractivity contribution is 6.01. The van der Waals surface area contributed by atoms with Crippen molar-refractivity contribution in [3.8, 4) is 17.6 Å². The fraction of sp³-hybridized carbons (Fsp3) is 0.222. The number of hydrogen-bond acceptors (Lipinski definition) is 6. The van der Waals surface area contributed by atoms with Crippen LogP contribution in [0.2, 0.25) is 0 Å². The summed E-state index contributed by atoms with van der Waals surface area (Å²) in [6.07, 6.45) is 2.96. The summed E-state index contributed by atoms with van der Waals surface area (Å²) < 4.78 is 15.9. The summed E-state index contributed by atoms with van der Waals surface area (Å²) in [7, 11) is 0. The number of amides is 1. The third-order valence-electron chi connectivity index (χ3n) is 4.87. The van der Waals surface area contributed by atoms with Crippen LogP contribution in [0.5, 0.6) is 11.5 Å². The Hall–Kier alpha value is -4.31. The molecule has 1 amide bonds. The maximum Gasteiger partial charge on any atom is 0.349 e. The minimum absolute atomic E-state index is 0.0383. The molecule has 0 aliphatic rings. The highest BCUT2D eigenvalue weighted by atomic mass is 16.6. The van der Waals surface area contributed by atoms with E-state index in [1.54, 1.807) is 36.4 Å². The van der Waals surface area contributed by atoms with Crippen LogP contribution in [-0.2, 0) is 21.5 Å². The summed E-state index contributed by atoms with van der Waals surface area (Å²) in [5.41, 5.74) is 1.77. The molecule has 3 rings (SSSR count). The van der Waals surface area contributed by atoms with Gasteiger partial charge in [-0.1, -0.05) is 45.0 Å². The van der Waals surface area contributed by atoms with Crippen molar-refractivity contribution in [3.63, 3.8) is 0 Å². The SMILES string of the molecule is CC(C)(C)c1ccc(OCC(=O)Oc2ccc(/C=C(\C#N)C(=O)NCc3ccco3)cc2)cc1. The molecule has 0 unspecified atom stereocenters. The molecule has 0 saturated carbocycles. The van der Waals surface area contributed by atoms with Gasteiger partial charge in [-0.05, 0) is 59.0 Å². The van der Waals surface area contributed by atoms with Gasteiger partial charge >= 0.3 is 5.97 Å². The van der Waals surface area contributed by atoms with E-state index >= 15 is 0 Å². The van der Waals surface area contributed by atoms with Crippen LogP contribution < -0.4 is 14.8 Å². The van der Waals surface area contributed by atoms with Crippen molar-refractivity contribution in [1.82, 2.24) is 5.32 Å². The topological polar surface area (TPSA) is 102 Å². The fourth-order valence-electron chi connectivity index (χ4n) is 2.98. The Morgan fingerprint density at radius 3 is 2.29 bits per heavy atom. The first kappa shape index (κ1) is 24.3. The van der Waals surface area contributed by atoms with Crippen LogP contribution in [0.4, 0.5) is 0 Å². The van der Waals surface area contributed by atoms with Crippen LogP contribution >= 0.6 is 0 Å². The normalized spacial score (nSPS) is 11.4. The monoisotopic (exact) mass is 458 g/mol. The number of furan rings is 1. The Morgan fingerprint density at radius 1 is 1.03 bits per heavy atom. The Kier molecular flexibility index (Phi) is 7.88. The zero-order valence-corrected chi connectivity index (χ0v) is 19.3. The molecule has 1 aromatic heterocycles. The van der Waals surface area contributed by atoms with E-state index < -0.39 is 11.9 Å². The van der Waals surface area contributed by atoms with Crippen LogP contribution in [0.1, 0.15) is 37.7 Å². The first-order valence-corrected chi connectivity index (χ1v) is 10.7. The molecular formula is C27H26N2O5. The van der Waals surface area contributed by atoms with E-state index in [-0.39, 0.29) is 24.1 Å². The van der Waals surface area contributed by atoms with Crippen LogP contribution in [0.3, 0.4) is 0 Å². The van der Waals surface area contributed by atoms with E-state index in [0.717, 1.165) is 0 Å². The van der Waals surface area contributed by atoms with Gasteiger partial charge in [0.1, 0.15) is 28.9 Å². The first-order valence-electron chi connectivity index (χ1n) is 10.7. The highest BCUT2D eigenvalue weighted by Gasteiger charge is 2.14. The average molecular weight is 459 g/mol. The second-order valence-electron chi connectivity index (χ2n) is 8.54. The molecule has 1 heterocycles. The molecule has 174 valence electrons. The first-order chi connectivity index (χ1) is 16.2. The predicted molar refractivity (Wildman–Crippen MR) is 127 cm³/mol. The second-order valence-corrected chi connectivity index (χ2v) is 8.54. The summed E-state index contributed by atoms with van der Waals surface area (Å²) in [5.74, 6) is 0.442. The maximum atomic E-state index is 12.2. The molecule has 7 heteroatoms. The Bertz CT molecular complexity index is 1180. The van der Waals surface area contributed by atoms with Gasteiger partial charge < -0.3 is 19.2 Å². The summed E-state index contributed by atoms with van der Waals surface area (Å²) in [6, 6.07) is 19.4. The van der Waals surface area contributed by atoms with Crippen molar-refractivity contribution in [2.24, 2.45) is 0 Å². The Morgan fingerprint density at radius 2 is 1.71 bits per heavy atom. The van der Waals surface area contributed by atoms with E-state index in [1.165, 1.54) is 17.9 Å². The van der Waals surface area contributed by atoms with Crippen molar-refractivity contribution in [3.05, 3.63) is 89.4 Å². The second kappa shape index (κ2) is 11.0. The summed E-state index contributed by atoms with van der Waals surface area (Å²) >= 11 is 0. The van der Waals surface area contributed by atoms with E-state index in [1.807, 2.05) is 30.3 Å². The van der Waals surface area contributed by atoms with Crippen LogP contribution in [0.25, 0.3) is 6.08 Å². The van der Waals surface area contributed by atoms with Gasteiger partial charge in [-0.2, -0.15) is 5.26 Å². The van der Waals surface area contributed by atoms with Crippen molar-refractivity contribution in [2.45, 2.75) is 32.7 Å². The number of rotatable bonds is 8. The van der Waals surface area contributed by atoms with E-state index in [4.69, 9.17) is 13.9 Å². The lowest BCUT2D eigenvalue weighted by Gasteiger charge is -2.19. The van der Waals surface area contributed by atoms with Gasteiger partial charge in [0.2, 0.25) is 0 Å². The smallest absolute Gasteiger partial charge is 0.349 e. The zero-order valence-electron chi connectivity index (χ0n) is 19.3. The number of nitrogens with zero attached hydrogens (tertiary/aromatic N) is 1. The van der Waals surface area contributed by atoms with Crippen molar-refractivity contribution >= 4 is 18.0 Å².